The number of nitrogens with one attached hydrogen (secondary N) is 1. The standard InChI is InChI=1S/C30H35Cl2N3O5S/c1-20(2)17-33-30(37)22(4)34(18-23-8-15-27(31)28(32)16-23)29(36)19-35(24-9-11-25(40-5)12-10-24)41(38,39)26-13-6-21(3)7-14-26/h6-16,20,22H,17-19H2,1-5H3,(H,33,37)/t22-/m1/s1. The van der Waals surface area contributed by atoms with Gasteiger partial charge in [-0.15, -0.1) is 0 Å². The number of hydrogen-bond acceptors (Lipinski definition) is 5. The highest BCUT2D eigenvalue weighted by Crippen LogP contribution is 2.28. The zero-order chi connectivity index (χ0) is 30.3. The number of nitrogens with zero attached hydrogens (tertiary/aromatic N) is 2. The average molecular weight is 621 g/mol. The van der Waals surface area contributed by atoms with E-state index in [1.165, 1.54) is 24.1 Å². The van der Waals surface area contributed by atoms with Crippen molar-refractivity contribution < 1.29 is 22.7 Å². The molecule has 0 saturated heterocycles. The molecule has 41 heavy (non-hydrogen) atoms. The van der Waals surface area contributed by atoms with Gasteiger partial charge in [0.2, 0.25) is 11.8 Å². The van der Waals surface area contributed by atoms with E-state index in [0.29, 0.717) is 27.9 Å². The van der Waals surface area contributed by atoms with E-state index in [1.807, 2.05) is 20.8 Å². The van der Waals surface area contributed by atoms with Crippen molar-refractivity contribution in [2.24, 2.45) is 5.92 Å². The lowest BCUT2D eigenvalue weighted by Crippen LogP contribution is -2.51. The summed E-state index contributed by atoms with van der Waals surface area (Å²) in [7, 11) is -2.66. The van der Waals surface area contributed by atoms with Crippen LogP contribution in [0.1, 0.15) is 31.9 Å². The Morgan fingerprint density at radius 2 is 1.56 bits per heavy atom. The summed E-state index contributed by atoms with van der Waals surface area (Å²) < 4.78 is 34.0. The highest BCUT2D eigenvalue weighted by atomic mass is 35.5. The summed E-state index contributed by atoms with van der Waals surface area (Å²) in [5.41, 5.74) is 1.80. The van der Waals surface area contributed by atoms with Crippen molar-refractivity contribution in [2.75, 3.05) is 24.5 Å². The molecule has 0 saturated carbocycles. The Balaban J connectivity index is 2.03. The molecule has 0 aromatic heterocycles. The van der Waals surface area contributed by atoms with Crippen LogP contribution in [0.3, 0.4) is 0 Å². The summed E-state index contributed by atoms with van der Waals surface area (Å²) in [4.78, 5) is 28.4. The number of methoxy groups -OCH3 is 1. The van der Waals surface area contributed by atoms with Crippen LogP contribution in [0.15, 0.2) is 71.6 Å². The van der Waals surface area contributed by atoms with E-state index in [-0.39, 0.29) is 29.0 Å². The molecule has 220 valence electrons. The molecule has 8 nitrogen and oxygen atoms in total. The molecule has 0 heterocycles. The van der Waals surface area contributed by atoms with Gasteiger partial charge in [-0.05, 0) is 73.9 Å². The maximum absolute atomic E-state index is 14.0. The van der Waals surface area contributed by atoms with Crippen molar-refractivity contribution in [2.45, 2.75) is 45.2 Å². The highest BCUT2D eigenvalue weighted by Gasteiger charge is 2.32. The fourth-order valence-electron chi connectivity index (χ4n) is 3.98. The lowest BCUT2D eigenvalue weighted by Gasteiger charge is -2.32. The minimum absolute atomic E-state index is 0.00696. The summed E-state index contributed by atoms with van der Waals surface area (Å²) in [6, 6.07) is 16.8. The molecule has 1 N–H and O–H groups in total. The van der Waals surface area contributed by atoms with Gasteiger partial charge in [0.15, 0.2) is 0 Å². The number of amides is 2. The Morgan fingerprint density at radius 3 is 2.12 bits per heavy atom. The summed E-state index contributed by atoms with van der Waals surface area (Å²) >= 11 is 12.3. The molecule has 3 rings (SSSR count). The quantitative estimate of drug-likeness (QED) is 0.281. The van der Waals surface area contributed by atoms with Crippen molar-refractivity contribution in [3.8, 4) is 5.75 Å². The van der Waals surface area contributed by atoms with Crippen LogP contribution in [0.4, 0.5) is 5.69 Å². The molecule has 0 bridgehead atoms. The first-order chi connectivity index (χ1) is 19.3. The zero-order valence-corrected chi connectivity index (χ0v) is 26.1. The number of rotatable bonds is 12. The number of carbonyl (C=O) groups excluding carboxylic acids is 2. The Kier molecular flexibility index (Phi) is 11.1. The average Bonchev–Trinajstić information content (AvgIpc) is 2.94. The molecule has 3 aromatic carbocycles. The fourth-order valence-corrected chi connectivity index (χ4v) is 5.72. The normalized spacial score (nSPS) is 12.1. The maximum atomic E-state index is 14.0. The highest BCUT2D eigenvalue weighted by molar-refractivity contribution is 7.92. The van der Waals surface area contributed by atoms with Crippen molar-refractivity contribution in [3.05, 3.63) is 87.9 Å². The molecule has 0 radical (unpaired) electrons. The minimum atomic E-state index is -4.17. The SMILES string of the molecule is COc1ccc(N(CC(=O)N(Cc2ccc(Cl)c(Cl)c2)[C@H](C)C(=O)NCC(C)C)S(=O)(=O)c2ccc(C)cc2)cc1. The molecule has 11 heteroatoms. The fraction of sp³-hybridized carbons (Fsp3) is 0.333. The summed E-state index contributed by atoms with van der Waals surface area (Å²) in [6.45, 7) is 7.28. The maximum Gasteiger partial charge on any atom is 0.264 e. The van der Waals surface area contributed by atoms with E-state index in [0.717, 1.165) is 9.87 Å². The van der Waals surface area contributed by atoms with Crippen LogP contribution in [0.5, 0.6) is 5.75 Å². The van der Waals surface area contributed by atoms with Crippen LogP contribution < -0.4 is 14.4 Å². The lowest BCUT2D eigenvalue weighted by molar-refractivity contribution is -0.139. The second kappa shape index (κ2) is 14.1. The van der Waals surface area contributed by atoms with Gasteiger partial charge in [-0.1, -0.05) is 60.8 Å². The van der Waals surface area contributed by atoms with E-state index in [2.05, 4.69) is 5.32 Å². The molecule has 0 spiro atoms. The van der Waals surface area contributed by atoms with Crippen LogP contribution in [-0.4, -0.2) is 51.4 Å². The topological polar surface area (TPSA) is 96.0 Å². The second-order valence-electron chi connectivity index (χ2n) is 10.1. The molecule has 0 aliphatic heterocycles. The number of anilines is 1. The predicted molar refractivity (Wildman–Crippen MR) is 163 cm³/mol. The summed E-state index contributed by atoms with van der Waals surface area (Å²) in [5.74, 6) is -0.195. The van der Waals surface area contributed by atoms with Gasteiger partial charge in [-0.2, -0.15) is 0 Å². The minimum Gasteiger partial charge on any atom is -0.497 e. The molecule has 3 aromatic rings. The Bertz CT molecular complexity index is 1460. The first kappa shape index (κ1) is 32.2. The lowest BCUT2D eigenvalue weighted by atomic mass is 10.1. The van der Waals surface area contributed by atoms with Gasteiger partial charge in [-0.3, -0.25) is 13.9 Å². The number of hydrogen-bond donors (Lipinski definition) is 1. The van der Waals surface area contributed by atoms with E-state index in [4.69, 9.17) is 27.9 Å². The van der Waals surface area contributed by atoms with E-state index in [9.17, 15) is 18.0 Å². The molecule has 0 fully saturated rings. The van der Waals surface area contributed by atoms with Gasteiger partial charge in [0, 0.05) is 13.1 Å². The Hall–Kier alpha value is -3.27. The molecule has 0 aliphatic rings. The first-order valence-corrected chi connectivity index (χ1v) is 15.3. The molecule has 1 atom stereocenters. The van der Waals surface area contributed by atoms with E-state index >= 15 is 0 Å². The number of sulfonamides is 1. The van der Waals surface area contributed by atoms with Gasteiger partial charge in [-0.25, -0.2) is 8.42 Å². The number of benzene rings is 3. The van der Waals surface area contributed by atoms with Crippen molar-refractivity contribution in [1.29, 1.82) is 0 Å². The molecule has 2 amide bonds. The largest absolute Gasteiger partial charge is 0.497 e. The molecular weight excluding hydrogens is 585 g/mol. The Morgan fingerprint density at radius 1 is 0.927 bits per heavy atom. The van der Waals surface area contributed by atoms with Crippen molar-refractivity contribution in [3.63, 3.8) is 0 Å². The smallest absolute Gasteiger partial charge is 0.264 e. The first-order valence-electron chi connectivity index (χ1n) is 13.1. The third-order valence-electron chi connectivity index (χ3n) is 6.44. The third-order valence-corrected chi connectivity index (χ3v) is 8.96. The van der Waals surface area contributed by atoms with E-state index < -0.39 is 28.5 Å². The van der Waals surface area contributed by atoms with Crippen molar-refractivity contribution in [1.82, 2.24) is 10.2 Å². The zero-order valence-electron chi connectivity index (χ0n) is 23.7. The molecule has 0 aliphatic carbocycles. The monoisotopic (exact) mass is 619 g/mol. The van der Waals surface area contributed by atoms with Crippen LogP contribution in [0.2, 0.25) is 10.0 Å². The van der Waals surface area contributed by atoms with Gasteiger partial charge in [0.1, 0.15) is 18.3 Å². The number of ether oxygens (including phenoxy) is 1. The van der Waals surface area contributed by atoms with Gasteiger partial charge >= 0.3 is 0 Å². The molecule has 0 unspecified atom stereocenters. The van der Waals surface area contributed by atoms with Crippen LogP contribution in [0, 0.1) is 12.8 Å². The number of aryl methyl sites for hydroxylation is 1. The van der Waals surface area contributed by atoms with Crippen LogP contribution in [0.25, 0.3) is 0 Å². The number of carbonyl (C=O) groups is 2. The van der Waals surface area contributed by atoms with Crippen LogP contribution >= 0.6 is 23.2 Å². The predicted octanol–water partition coefficient (Wildman–Crippen LogP) is 5.70. The third kappa shape index (κ3) is 8.38. The van der Waals surface area contributed by atoms with Gasteiger partial charge in [0.05, 0.1) is 27.7 Å². The number of halogens is 2. The Labute approximate surface area is 252 Å². The summed E-state index contributed by atoms with van der Waals surface area (Å²) in [6.07, 6.45) is 0. The van der Waals surface area contributed by atoms with Crippen molar-refractivity contribution >= 4 is 50.7 Å². The second-order valence-corrected chi connectivity index (χ2v) is 12.8. The van der Waals surface area contributed by atoms with Gasteiger partial charge in [0.25, 0.3) is 10.0 Å². The summed E-state index contributed by atoms with van der Waals surface area (Å²) in [5, 5.41) is 3.51. The molecular formula is C30H35Cl2N3O5S. The van der Waals surface area contributed by atoms with E-state index in [1.54, 1.807) is 61.5 Å². The van der Waals surface area contributed by atoms with Gasteiger partial charge < -0.3 is 15.0 Å². The van der Waals surface area contributed by atoms with Crippen LogP contribution in [-0.2, 0) is 26.2 Å².